The molecule has 6 heteroatoms. The summed E-state index contributed by atoms with van der Waals surface area (Å²) in [7, 11) is 0. The number of amides is 1. The van der Waals surface area contributed by atoms with Crippen molar-refractivity contribution >= 4 is 5.91 Å². The number of benzene rings is 1. The number of aromatic nitrogens is 1. The number of carbonyl (C=O) groups is 1. The quantitative estimate of drug-likeness (QED) is 0.815. The summed E-state index contributed by atoms with van der Waals surface area (Å²) in [6.07, 6.45) is 2.95. The van der Waals surface area contributed by atoms with Gasteiger partial charge in [0.2, 0.25) is 5.76 Å². The number of hydrogen-bond acceptors (Lipinski definition) is 4. The van der Waals surface area contributed by atoms with Gasteiger partial charge in [-0.25, -0.2) is 9.37 Å². The van der Waals surface area contributed by atoms with Crippen LogP contribution in [0.1, 0.15) is 53.4 Å². The molecule has 0 spiro atoms. The SMILES string of the molecule is CCc1nc(C)c(C(=O)N2C[C@@H](c3ccc(F)cc3)[C@@H]3[C@H]2C2CCN3CC2)o1. The van der Waals surface area contributed by atoms with Crippen LogP contribution in [0.15, 0.2) is 28.7 Å². The summed E-state index contributed by atoms with van der Waals surface area (Å²) in [6.45, 7) is 6.65. The lowest BCUT2D eigenvalue weighted by atomic mass is 9.75. The molecule has 4 fully saturated rings. The lowest BCUT2D eigenvalue weighted by Gasteiger charge is -2.51. The van der Waals surface area contributed by atoms with Crippen molar-refractivity contribution in [1.82, 2.24) is 14.8 Å². The normalized spacial score (nSPS) is 31.2. The van der Waals surface area contributed by atoms with E-state index in [1.807, 2.05) is 30.9 Å². The highest BCUT2D eigenvalue weighted by molar-refractivity contribution is 5.93. The molecular formula is C22H26FN3O2. The Kier molecular flexibility index (Phi) is 4.27. The Labute approximate surface area is 164 Å². The van der Waals surface area contributed by atoms with Gasteiger partial charge in [0.15, 0.2) is 5.89 Å². The molecule has 1 amide bonds. The van der Waals surface area contributed by atoms with E-state index in [-0.39, 0.29) is 23.7 Å². The van der Waals surface area contributed by atoms with Crippen molar-refractivity contribution in [3.05, 3.63) is 53.0 Å². The number of halogens is 1. The van der Waals surface area contributed by atoms with Gasteiger partial charge in [-0.3, -0.25) is 9.69 Å². The second-order valence-corrected chi connectivity index (χ2v) is 8.35. The summed E-state index contributed by atoms with van der Waals surface area (Å²) in [6, 6.07) is 7.31. The number of nitrogens with zero attached hydrogens (tertiary/aromatic N) is 3. The van der Waals surface area contributed by atoms with Gasteiger partial charge in [0.25, 0.3) is 5.91 Å². The summed E-state index contributed by atoms with van der Waals surface area (Å²) < 4.78 is 19.3. The van der Waals surface area contributed by atoms with Gasteiger partial charge in [-0.1, -0.05) is 19.1 Å². The predicted octanol–water partition coefficient (Wildman–Crippen LogP) is 3.39. The van der Waals surface area contributed by atoms with Gasteiger partial charge in [0, 0.05) is 24.9 Å². The van der Waals surface area contributed by atoms with Crippen molar-refractivity contribution in [1.29, 1.82) is 0 Å². The van der Waals surface area contributed by atoms with Crippen LogP contribution in [0.3, 0.4) is 0 Å². The van der Waals surface area contributed by atoms with Crippen LogP contribution in [0.25, 0.3) is 0 Å². The van der Waals surface area contributed by atoms with E-state index in [2.05, 4.69) is 9.88 Å². The average Bonchev–Trinajstić information content (AvgIpc) is 3.31. The zero-order valence-electron chi connectivity index (χ0n) is 16.4. The number of hydrogen-bond donors (Lipinski definition) is 0. The molecule has 1 aromatic carbocycles. The Hall–Kier alpha value is -2.21. The zero-order valence-corrected chi connectivity index (χ0v) is 16.4. The molecule has 0 aliphatic carbocycles. The summed E-state index contributed by atoms with van der Waals surface area (Å²) in [4.78, 5) is 22.4. The van der Waals surface area contributed by atoms with Gasteiger partial charge < -0.3 is 9.32 Å². The van der Waals surface area contributed by atoms with E-state index in [1.54, 1.807) is 0 Å². The maximum Gasteiger partial charge on any atom is 0.291 e. The molecule has 0 radical (unpaired) electrons. The fraction of sp³-hybridized carbons (Fsp3) is 0.545. The first-order valence-electron chi connectivity index (χ1n) is 10.3. The number of fused-ring (bicyclic) bond motifs is 2. The summed E-state index contributed by atoms with van der Waals surface area (Å²) in [5, 5.41) is 0. The van der Waals surface area contributed by atoms with Crippen molar-refractivity contribution in [3.63, 3.8) is 0 Å². The molecule has 4 aliphatic rings. The Morgan fingerprint density at radius 3 is 2.57 bits per heavy atom. The highest BCUT2D eigenvalue weighted by Gasteiger charge is 2.55. The van der Waals surface area contributed by atoms with Gasteiger partial charge in [0.1, 0.15) is 5.82 Å². The van der Waals surface area contributed by atoms with Crippen LogP contribution >= 0.6 is 0 Å². The van der Waals surface area contributed by atoms with E-state index in [9.17, 15) is 9.18 Å². The summed E-state index contributed by atoms with van der Waals surface area (Å²) in [5.74, 6) is 1.45. The standard InChI is InChI=1S/C22H26FN3O2/c1-3-18-24-13(2)21(28-18)22(27)26-12-17(14-4-6-16(23)7-5-14)20-19(26)15-8-10-25(20)11-9-15/h4-7,15,17,19-20H,3,8-12H2,1-2H3/t17-,19+,20+/m0/s1. The van der Waals surface area contributed by atoms with Gasteiger partial charge in [-0.15, -0.1) is 0 Å². The number of rotatable bonds is 3. The molecule has 2 bridgehead atoms. The predicted molar refractivity (Wildman–Crippen MR) is 103 cm³/mol. The van der Waals surface area contributed by atoms with Crippen molar-refractivity contribution in [2.45, 2.75) is 51.1 Å². The van der Waals surface area contributed by atoms with E-state index in [4.69, 9.17) is 4.42 Å². The number of oxazole rings is 1. The number of likely N-dealkylation sites (tertiary alicyclic amines) is 1. The van der Waals surface area contributed by atoms with Crippen LogP contribution in [0.4, 0.5) is 4.39 Å². The molecule has 4 aliphatic heterocycles. The molecule has 5 nitrogen and oxygen atoms in total. The van der Waals surface area contributed by atoms with E-state index in [0.717, 1.165) is 31.5 Å². The first-order chi connectivity index (χ1) is 13.6. The van der Waals surface area contributed by atoms with E-state index >= 15 is 0 Å². The Bertz CT molecular complexity index is 886. The fourth-order valence-corrected chi connectivity index (χ4v) is 5.59. The Balaban J connectivity index is 1.52. The molecule has 3 atom stereocenters. The number of piperidine rings is 3. The van der Waals surface area contributed by atoms with Crippen LogP contribution in [-0.4, -0.2) is 52.4 Å². The molecule has 148 valence electrons. The first kappa shape index (κ1) is 17.9. The second-order valence-electron chi connectivity index (χ2n) is 8.35. The minimum absolute atomic E-state index is 0.0435. The van der Waals surface area contributed by atoms with Crippen LogP contribution in [0.2, 0.25) is 0 Å². The minimum Gasteiger partial charge on any atom is -0.435 e. The van der Waals surface area contributed by atoms with Crippen LogP contribution in [0, 0.1) is 18.7 Å². The number of aryl methyl sites for hydroxylation is 2. The van der Waals surface area contributed by atoms with Crippen molar-refractivity contribution in [2.75, 3.05) is 19.6 Å². The van der Waals surface area contributed by atoms with E-state index < -0.39 is 0 Å². The molecule has 0 saturated carbocycles. The molecule has 6 rings (SSSR count). The molecule has 0 N–H and O–H groups in total. The van der Waals surface area contributed by atoms with Crippen LogP contribution < -0.4 is 0 Å². The fourth-order valence-electron chi connectivity index (χ4n) is 5.59. The van der Waals surface area contributed by atoms with Crippen molar-refractivity contribution in [2.24, 2.45) is 5.92 Å². The van der Waals surface area contributed by atoms with Gasteiger partial charge >= 0.3 is 0 Å². The molecular weight excluding hydrogens is 357 g/mol. The topological polar surface area (TPSA) is 49.6 Å². The van der Waals surface area contributed by atoms with Gasteiger partial charge in [-0.05, 0) is 56.5 Å². The Morgan fingerprint density at radius 1 is 1.21 bits per heavy atom. The van der Waals surface area contributed by atoms with Gasteiger partial charge in [-0.2, -0.15) is 0 Å². The Morgan fingerprint density at radius 2 is 1.93 bits per heavy atom. The smallest absolute Gasteiger partial charge is 0.291 e. The highest BCUT2D eigenvalue weighted by Crippen LogP contribution is 2.47. The monoisotopic (exact) mass is 383 g/mol. The third-order valence-electron chi connectivity index (χ3n) is 6.89. The third-order valence-corrected chi connectivity index (χ3v) is 6.89. The first-order valence-corrected chi connectivity index (χ1v) is 10.3. The van der Waals surface area contributed by atoms with Gasteiger partial charge in [0.05, 0.1) is 11.7 Å². The zero-order chi connectivity index (χ0) is 19.4. The van der Waals surface area contributed by atoms with Crippen LogP contribution in [0.5, 0.6) is 0 Å². The maximum atomic E-state index is 13.5. The summed E-state index contributed by atoms with van der Waals surface area (Å²) in [5.41, 5.74) is 1.78. The molecule has 0 unspecified atom stereocenters. The number of carbonyl (C=O) groups excluding carboxylic acids is 1. The van der Waals surface area contributed by atoms with Crippen molar-refractivity contribution in [3.8, 4) is 0 Å². The third kappa shape index (κ3) is 2.69. The molecule has 1 aromatic heterocycles. The van der Waals surface area contributed by atoms with E-state index in [0.29, 0.717) is 42.3 Å². The maximum absolute atomic E-state index is 13.5. The molecule has 2 aromatic rings. The van der Waals surface area contributed by atoms with Crippen molar-refractivity contribution < 1.29 is 13.6 Å². The molecule has 4 saturated heterocycles. The summed E-state index contributed by atoms with van der Waals surface area (Å²) >= 11 is 0. The second kappa shape index (κ2) is 6.69. The van der Waals surface area contributed by atoms with Crippen LogP contribution in [-0.2, 0) is 6.42 Å². The molecule has 28 heavy (non-hydrogen) atoms. The lowest BCUT2D eigenvalue weighted by Crippen LogP contribution is -2.60. The average molecular weight is 383 g/mol. The molecule has 5 heterocycles. The van der Waals surface area contributed by atoms with E-state index in [1.165, 1.54) is 12.1 Å². The highest BCUT2D eigenvalue weighted by atomic mass is 19.1. The lowest BCUT2D eigenvalue weighted by molar-refractivity contribution is -0.00435. The largest absolute Gasteiger partial charge is 0.435 e. The minimum atomic E-state index is -0.221.